The molecule has 0 radical (unpaired) electrons. The topological polar surface area (TPSA) is 84.9 Å². The van der Waals surface area contributed by atoms with Crippen LogP contribution < -0.4 is 14.8 Å². The van der Waals surface area contributed by atoms with E-state index >= 15 is 0 Å². The minimum atomic E-state index is -1.09. The van der Waals surface area contributed by atoms with Gasteiger partial charge in [0.1, 0.15) is 6.54 Å². The molecule has 0 spiro atoms. The third-order valence-corrected chi connectivity index (χ3v) is 2.33. The second-order valence-electron chi connectivity index (χ2n) is 3.79. The van der Waals surface area contributed by atoms with E-state index in [0.29, 0.717) is 18.1 Å². The monoisotopic (exact) mass is 279 g/mol. The molecule has 1 amide bonds. The molecule has 0 fully saturated rings. The Morgan fingerprint density at radius 2 is 2.10 bits per heavy atom. The number of carboxylic acid groups (broad SMARTS) is 1. The molecule has 0 aromatic heterocycles. The van der Waals surface area contributed by atoms with Crippen molar-refractivity contribution in [1.29, 1.82) is 0 Å². The Morgan fingerprint density at radius 3 is 2.70 bits per heavy atom. The van der Waals surface area contributed by atoms with E-state index in [1.54, 1.807) is 24.3 Å². The maximum atomic E-state index is 11.3. The molecule has 0 heterocycles. The van der Waals surface area contributed by atoms with Crippen LogP contribution in [0.4, 0.5) is 0 Å². The number of benzene rings is 1. The SMILES string of the molecule is CCOc1ccc(C=CC(=O)NCC(=O)O)cc1OC. The zero-order chi connectivity index (χ0) is 15.0. The predicted octanol–water partition coefficient (Wildman–Crippen LogP) is 1.31. The van der Waals surface area contributed by atoms with Crippen molar-refractivity contribution in [2.75, 3.05) is 20.3 Å². The molecule has 108 valence electrons. The van der Waals surface area contributed by atoms with Crippen molar-refractivity contribution in [3.05, 3.63) is 29.8 Å². The Balaban J connectivity index is 2.72. The smallest absolute Gasteiger partial charge is 0.322 e. The van der Waals surface area contributed by atoms with Gasteiger partial charge in [-0.05, 0) is 30.7 Å². The van der Waals surface area contributed by atoms with Crippen molar-refractivity contribution in [2.45, 2.75) is 6.92 Å². The van der Waals surface area contributed by atoms with Crippen LogP contribution in [0.5, 0.6) is 11.5 Å². The number of methoxy groups -OCH3 is 1. The van der Waals surface area contributed by atoms with Crippen molar-refractivity contribution in [3.8, 4) is 11.5 Å². The number of hydrogen-bond acceptors (Lipinski definition) is 4. The average Bonchev–Trinajstić information content (AvgIpc) is 2.44. The molecule has 1 aromatic carbocycles. The molecule has 0 aliphatic carbocycles. The number of carbonyl (C=O) groups is 2. The Bertz CT molecular complexity index is 510. The summed E-state index contributed by atoms with van der Waals surface area (Å²) in [6.45, 7) is 2.00. The summed E-state index contributed by atoms with van der Waals surface area (Å²) in [5.74, 6) is -0.364. The molecular weight excluding hydrogens is 262 g/mol. The van der Waals surface area contributed by atoms with E-state index in [2.05, 4.69) is 5.32 Å². The van der Waals surface area contributed by atoms with Gasteiger partial charge in [-0.2, -0.15) is 0 Å². The lowest BCUT2D eigenvalue weighted by Gasteiger charge is -2.09. The normalized spacial score (nSPS) is 10.3. The Hall–Kier alpha value is -2.50. The van der Waals surface area contributed by atoms with Crippen LogP contribution in [0.1, 0.15) is 12.5 Å². The van der Waals surface area contributed by atoms with E-state index < -0.39 is 18.4 Å². The fourth-order valence-corrected chi connectivity index (χ4v) is 1.46. The molecule has 6 heteroatoms. The van der Waals surface area contributed by atoms with E-state index in [9.17, 15) is 9.59 Å². The van der Waals surface area contributed by atoms with E-state index in [-0.39, 0.29) is 0 Å². The second-order valence-corrected chi connectivity index (χ2v) is 3.79. The van der Waals surface area contributed by atoms with Gasteiger partial charge in [0.2, 0.25) is 5.91 Å². The molecule has 20 heavy (non-hydrogen) atoms. The summed E-state index contributed by atoms with van der Waals surface area (Å²) in [6, 6.07) is 5.25. The Morgan fingerprint density at radius 1 is 1.35 bits per heavy atom. The van der Waals surface area contributed by atoms with Crippen LogP contribution in [0.25, 0.3) is 6.08 Å². The minimum Gasteiger partial charge on any atom is -0.493 e. The molecule has 0 saturated heterocycles. The van der Waals surface area contributed by atoms with E-state index in [4.69, 9.17) is 14.6 Å². The van der Waals surface area contributed by atoms with Crippen LogP contribution >= 0.6 is 0 Å². The summed E-state index contributed by atoms with van der Waals surface area (Å²) < 4.78 is 10.6. The van der Waals surface area contributed by atoms with Gasteiger partial charge < -0.3 is 19.9 Å². The molecule has 6 nitrogen and oxygen atoms in total. The van der Waals surface area contributed by atoms with Gasteiger partial charge in [0.15, 0.2) is 11.5 Å². The Kier molecular flexibility index (Phi) is 6.09. The van der Waals surface area contributed by atoms with Crippen LogP contribution in [0.3, 0.4) is 0 Å². The first kappa shape index (κ1) is 15.6. The number of ether oxygens (including phenoxy) is 2. The number of rotatable bonds is 7. The standard InChI is InChI=1S/C14H17NO5/c1-3-20-11-6-4-10(8-12(11)19-2)5-7-13(16)15-9-14(17)18/h4-8H,3,9H2,1-2H3,(H,15,16)(H,17,18). The van der Waals surface area contributed by atoms with E-state index in [1.807, 2.05) is 6.92 Å². The van der Waals surface area contributed by atoms with Gasteiger partial charge in [0, 0.05) is 6.08 Å². The lowest BCUT2D eigenvalue weighted by Crippen LogP contribution is -2.27. The van der Waals surface area contributed by atoms with Crippen LogP contribution in [0.2, 0.25) is 0 Å². The lowest BCUT2D eigenvalue weighted by molar-refractivity contribution is -0.137. The first-order valence-electron chi connectivity index (χ1n) is 6.05. The number of carboxylic acids is 1. The summed E-state index contributed by atoms with van der Waals surface area (Å²) in [7, 11) is 1.53. The number of hydrogen-bond donors (Lipinski definition) is 2. The highest BCUT2D eigenvalue weighted by Crippen LogP contribution is 2.28. The second kappa shape index (κ2) is 7.83. The fourth-order valence-electron chi connectivity index (χ4n) is 1.46. The van der Waals surface area contributed by atoms with Gasteiger partial charge in [-0.1, -0.05) is 6.07 Å². The van der Waals surface area contributed by atoms with Gasteiger partial charge in [0.05, 0.1) is 13.7 Å². The molecule has 0 unspecified atom stereocenters. The Labute approximate surface area is 117 Å². The highest BCUT2D eigenvalue weighted by atomic mass is 16.5. The summed E-state index contributed by atoms with van der Waals surface area (Å²) in [5, 5.41) is 10.7. The average molecular weight is 279 g/mol. The number of nitrogens with one attached hydrogen (secondary N) is 1. The molecule has 0 aliphatic rings. The van der Waals surface area contributed by atoms with Gasteiger partial charge in [0.25, 0.3) is 0 Å². The first-order chi connectivity index (χ1) is 9.56. The summed E-state index contributed by atoms with van der Waals surface area (Å²) in [4.78, 5) is 21.6. The predicted molar refractivity (Wildman–Crippen MR) is 73.8 cm³/mol. The van der Waals surface area contributed by atoms with Gasteiger partial charge >= 0.3 is 5.97 Å². The zero-order valence-electron chi connectivity index (χ0n) is 11.4. The highest BCUT2D eigenvalue weighted by Gasteiger charge is 2.04. The van der Waals surface area contributed by atoms with Crippen LogP contribution in [0.15, 0.2) is 24.3 Å². The molecule has 0 aliphatic heterocycles. The third-order valence-electron chi connectivity index (χ3n) is 2.33. The molecular formula is C14H17NO5. The maximum absolute atomic E-state index is 11.3. The fraction of sp³-hybridized carbons (Fsp3) is 0.286. The van der Waals surface area contributed by atoms with E-state index in [0.717, 1.165) is 5.56 Å². The van der Waals surface area contributed by atoms with Crippen molar-refractivity contribution in [1.82, 2.24) is 5.32 Å². The molecule has 0 bridgehead atoms. The van der Waals surface area contributed by atoms with Crippen molar-refractivity contribution < 1.29 is 24.2 Å². The number of amides is 1. The molecule has 1 aromatic rings. The van der Waals surface area contributed by atoms with Crippen molar-refractivity contribution in [2.24, 2.45) is 0 Å². The molecule has 0 saturated carbocycles. The maximum Gasteiger partial charge on any atom is 0.322 e. The summed E-state index contributed by atoms with van der Waals surface area (Å²) in [5.41, 5.74) is 0.746. The zero-order valence-corrected chi connectivity index (χ0v) is 11.4. The largest absolute Gasteiger partial charge is 0.493 e. The van der Waals surface area contributed by atoms with Crippen molar-refractivity contribution >= 4 is 18.0 Å². The highest BCUT2D eigenvalue weighted by molar-refractivity contribution is 5.93. The first-order valence-corrected chi connectivity index (χ1v) is 6.05. The number of aliphatic carboxylic acids is 1. The molecule has 1 rings (SSSR count). The minimum absolute atomic E-state index is 0.407. The quantitative estimate of drug-likeness (QED) is 0.735. The van der Waals surface area contributed by atoms with Crippen LogP contribution in [-0.4, -0.2) is 37.2 Å². The molecule has 2 N–H and O–H groups in total. The molecule has 0 atom stereocenters. The van der Waals surface area contributed by atoms with Gasteiger partial charge in [-0.15, -0.1) is 0 Å². The van der Waals surface area contributed by atoms with Crippen LogP contribution in [-0.2, 0) is 9.59 Å². The third kappa shape index (κ3) is 5.01. The lowest BCUT2D eigenvalue weighted by atomic mass is 10.2. The van der Waals surface area contributed by atoms with Crippen LogP contribution in [0, 0.1) is 0 Å². The summed E-state index contributed by atoms with van der Waals surface area (Å²) >= 11 is 0. The van der Waals surface area contributed by atoms with Gasteiger partial charge in [-0.25, -0.2) is 0 Å². The van der Waals surface area contributed by atoms with Crippen molar-refractivity contribution in [3.63, 3.8) is 0 Å². The van der Waals surface area contributed by atoms with E-state index in [1.165, 1.54) is 13.2 Å². The van der Waals surface area contributed by atoms with Gasteiger partial charge in [-0.3, -0.25) is 9.59 Å². The summed E-state index contributed by atoms with van der Waals surface area (Å²) in [6.07, 6.45) is 2.83. The number of carbonyl (C=O) groups excluding carboxylic acids is 1.